The highest BCUT2D eigenvalue weighted by Gasteiger charge is 2.33. The third-order valence-corrected chi connectivity index (χ3v) is 4.94. The molecule has 0 radical (unpaired) electrons. The van der Waals surface area contributed by atoms with Gasteiger partial charge in [-0.2, -0.15) is 0 Å². The zero-order valence-electron chi connectivity index (χ0n) is 12.0. The molecule has 1 fully saturated rings. The first-order chi connectivity index (χ1) is 9.27. The van der Waals surface area contributed by atoms with Gasteiger partial charge in [-0.3, -0.25) is 4.90 Å². The van der Waals surface area contributed by atoms with E-state index in [0.717, 1.165) is 0 Å². The summed E-state index contributed by atoms with van der Waals surface area (Å²) in [6, 6.07) is 10.5. The number of rotatable bonds is 2. The van der Waals surface area contributed by atoms with Crippen molar-refractivity contribution in [1.29, 1.82) is 0 Å². The van der Waals surface area contributed by atoms with Gasteiger partial charge in [-0.25, -0.2) is 0 Å². The van der Waals surface area contributed by atoms with Crippen LogP contribution in [0.2, 0.25) is 0 Å². The summed E-state index contributed by atoms with van der Waals surface area (Å²) < 4.78 is 0. The van der Waals surface area contributed by atoms with Crippen LogP contribution in [0.5, 0.6) is 0 Å². The molecule has 0 spiro atoms. The van der Waals surface area contributed by atoms with E-state index in [1.165, 1.54) is 45.1 Å². The van der Waals surface area contributed by atoms with Crippen LogP contribution >= 0.6 is 0 Å². The molecule has 0 saturated carbocycles. The Hall–Kier alpha value is -0.860. The number of fused-ring (bicyclic) bond motifs is 1. The molecule has 2 nitrogen and oxygen atoms in total. The Morgan fingerprint density at radius 2 is 2.00 bits per heavy atom. The molecular formula is C17H26N2. The van der Waals surface area contributed by atoms with Crippen LogP contribution in [0.15, 0.2) is 24.3 Å². The Labute approximate surface area is 117 Å². The SMILES string of the molecule is CC(N)C1CCCCN1C1CCCc2ccccc21. The molecule has 1 heterocycles. The average Bonchev–Trinajstić information content (AvgIpc) is 2.46. The highest BCUT2D eigenvalue weighted by molar-refractivity contribution is 5.32. The van der Waals surface area contributed by atoms with Gasteiger partial charge < -0.3 is 5.73 Å². The Bertz CT molecular complexity index is 427. The van der Waals surface area contributed by atoms with E-state index in [0.29, 0.717) is 12.1 Å². The fourth-order valence-corrected chi connectivity index (χ4v) is 4.00. The largest absolute Gasteiger partial charge is 0.327 e. The second-order valence-electron chi connectivity index (χ2n) is 6.27. The Morgan fingerprint density at radius 3 is 2.84 bits per heavy atom. The van der Waals surface area contributed by atoms with E-state index in [2.05, 4.69) is 36.1 Å². The van der Waals surface area contributed by atoms with E-state index < -0.39 is 0 Å². The predicted octanol–water partition coefficient (Wildman–Crippen LogP) is 3.27. The van der Waals surface area contributed by atoms with E-state index >= 15 is 0 Å². The molecule has 0 aromatic heterocycles. The van der Waals surface area contributed by atoms with Gasteiger partial charge in [-0.15, -0.1) is 0 Å². The first kappa shape index (κ1) is 13.1. The number of aryl methyl sites for hydroxylation is 1. The second kappa shape index (κ2) is 5.64. The van der Waals surface area contributed by atoms with Crippen molar-refractivity contribution in [3.63, 3.8) is 0 Å². The minimum Gasteiger partial charge on any atom is -0.327 e. The number of hydrogen-bond donors (Lipinski definition) is 1. The maximum atomic E-state index is 6.24. The van der Waals surface area contributed by atoms with Crippen LogP contribution in [0.4, 0.5) is 0 Å². The lowest BCUT2D eigenvalue weighted by Gasteiger charge is -2.45. The molecule has 3 atom stereocenters. The minimum atomic E-state index is 0.286. The quantitative estimate of drug-likeness (QED) is 0.882. The van der Waals surface area contributed by atoms with Gasteiger partial charge in [0, 0.05) is 18.1 Å². The van der Waals surface area contributed by atoms with E-state index in [-0.39, 0.29) is 6.04 Å². The van der Waals surface area contributed by atoms with Gasteiger partial charge in [0.05, 0.1) is 0 Å². The van der Waals surface area contributed by atoms with Crippen molar-refractivity contribution in [2.24, 2.45) is 5.73 Å². The van der Waals surface area contributed by atoms with Crippen LogP contribution < -0.4 is 5.73 Å². The van der Waals surface area contributed by atoms with Crippen LogP contribution in [-0.2, 0) is 6.42 Å². The number of hydrogen-bond acceptors (Lipinski definition) is 2. The molecule has 2 N–H and O–H groups in total. The van der Waals surface area contributed by atoms with Crippen LogP contribution in [0.1, 0.15) is 56.2 Å². The summed E-state index contributed by atoms with van der Waals surface area (Å²) in [5.41, 5.74) is 9.38. The van der Waals surface area contributed by atoms with Crippen LogP contribution in [0.25, 0.3) is 0 Å². The van der Waals surface area contributed by atoms with Crippen molar-refractivity contribution in [3.05, 3.63) is 35.4 Å². The molecule has 2 aliphatic rings. The molecule has 1 aromatic carbocycles. The lowest BCUT2D eigenvalue weighted by Crippen LogP contribution is -2.51. The summed E-state index contributed by atoms with van der Waals surface area (Å²) in [5.74, 6) is 0. The summed E-state index contributed by atoms with van der Waals surface area (Å²) in [6.45, 7) is 3.41. The van der Waals surface area contributed by atoms with Gasteiger partial charge in [0.25, 0.3) is 0 Å². The first-order valence-corrected chi connectivity index (χ1v) is 7.86. The predicted molar refractivity (Wildman–Crippen MR) is 80.1 cm³/mol. The highest BCUT2D eigenvalue weighted by atomic mass is 15.2. The van der Waals surface area contributed by atoms with Gasteiger partial charge in [-0.05, 0) is 56.7 Å². The lowest BCUT2D eigenvalue weighted by atomic mass is 9.84. The molecule has 104 valence electrons. The van der Waals surface area contributed by atoms with Crippen molar-refractivity contribution < 1.29 is 0 Å². The Kier molecular flexibility index (Phi) is 3.90. The van der Waals surface area contributed by atoms with E-state index in [1.54, 1.807) is 11.1 Å². The fraction of sp³-hybridized carbons (Fsp3) is 0.647. The number of piperidine rings is 1. The molecule has 3 rings (SSSR count). The number of nitrogens with zero attached hydrogens (tertiary/aromatic N) is 1. The normalized spacial score (nSPS) is 29.8. The van der Waals surface area contributed by atoms with Gasteiger partial charge >= 0.3 is 0 Å². The second-order valence-corrected chi connectivity index (χ2v) is 6.27. The first-order valence-electron chi connectivity index (χ1n) is 7.86. The summed E-state index contributed by atoms with van der Waals surface area (Å²) in [7, 11) is 0. The summed E-state index contributed by atoms with van der Waals surface area (Å²) >= 11 is 0. The third-order valence-electron chi connectivity index (χ3n) is 4.94. The van der Waals surface area contributed by atoms with E-state index in [4.69, 9.17) is 5.73 Å². The number of likely N-dealkylation sites (tertiary alicyclic amines) is 1. The number of benzene rings is 1. The molecular weight excluding hydrogens is 232 g/mol. The van der Waals surface area contributed by atoms with E-state index in [1.807, 2.05) is 0 Å². The molecule has 1 aliphatic heterocycles. The number of nitrogens with two attached hydrogens (primary N) is 1. The highest BCUT2D eigenvalue weighted by Crippen LogP contribution is 2.38. The van der Waals surface area contributed by atoms with Gasteiger partial charge in [0.1, 0.15) is 0 Å². The standard InChI is InChI=1S/C17H26N2/c1-13(18)16-10-4-5-12-19(16)17-11-6-8-14-7-2-3-9-15(14)17/h2-3,7,9,13,16-17H,4-6,8,10-12,18H2,1H3. The van der Waals surface area contributed by atoms with Gasteiger partial charge in [0.15, 0.2) is 0 Å². The van der Waals surface area contributed by atoms with Crippen molar-refractivity contribution >= 4 is 0 Å². The molecule has 19 heavy (non-hydrogen) atoms. The summed E-state index contributed by atoms with van der Waals surface area (Å²) in [4.78, 5) is 2.71. The van der Waals surface area contributed by atoms with Crippen molar-refractivity contribution in [2.45, 2.75) is 63.6 Å². The fourth-order valence-electron chi connectivity index (χ4n) is 4.00. The zero-order valence-corrected chi connectivity index (χ0v) is 12.0. The van der Waals surface area contributed by atoms with Crippen LogP contribution in [-0.4, -0.2) is 23.5 Å². The molecule has 1 aromatic rings. The maximum absolute atomic E-state index is 6.24. The topological polar surface area (TPSA) is 29.3 Å². The summed E-state index contributed by atoms with van der Waals surface area (Å²) in [5, 5.41) is 0. The molecule has 1 saturated heterocycles. The lowest BCUT2D eigenvalue weighted by molar-refractivity contribution is 0.0716. The van der Waals surface area contributed by atoms with Crippen LogP contribution in [0.3, 0.4) is 0 Å². The van der Waals surface area contributed by atoms with Gasteiger partial charge in [0.2, 0.25) is 0 Å². The molecule has 2 heteroatoms. The van der Waals surface area contributed by atoms with Gasteiger partial charge in [-0.1, -0.05) is 30.7 Å². The molecule has 0 bridgehead atoms. The maximum Gasteiger partial charge on any atom is 0.0354 e. The smallest absolute Gasteiger partial charge is 0.0354 e. The zero-order chi connectivity index (χ0) is 13.2. The minimum absolute atomic E-state index is 0.286. The molecule has 3 unspecified atom stereocenters. The molecule has 0 amide bonds. The molecule has 1 aliphatic carbocycles. The average molecular weight is 258 g/mol. The Balaban J connectivity index is 1.89. The monoisotopic (exact) mass is 258 g/mol. The van der Waals surface area contributed by atoms with E-state index in [9.17, 15) is 0 Å². The Morgan fingerprint density at radius 1 is 1.16 bits per heavy atom. The van der Waals surface area contributed by atoms with Crippen molar-refractivity contribution in [1.82, 2.24) is 4.90 Å². The van der Waals surface area contributed by atoms with Crippen molar-refractivity contribution in [3.8, 4) is 0 Å². The van der Waals surface area contributed by atoms with Crippen molar-refractivity contribution in [2.75, 3.05) is 6.54 Å². The van der Waals surface area contributed by atoms with Crippen LogP contribution in [0, 0.1) is 0 Å². The summed E-state index contributed by atoms with van der Waals surface area (Å²) in [6.07, 6.45) is 7.84. The third kappa shape index (κ3) is 2.56.